The van der Waals surface area contributed by atoms with Crippen molar-refractivity contribution in [2.24, 2.45) is 11.7 Å². The number of ether oxygens (including phenoxy) is 1. The van der Waals surface area contributed by atoms with Crippen molar-refractivity contribution < 1.29 is 4.74 Å². The van der Waals surface area contributed by atoms with Crippen LogP contribution in [0, 0.1) is 5.92 Å². The van der Waals surface area contributed by atoms with E-state index in [1.807, 2.05) is 0 Å². The van der Waals surface area contributed by atoms with E-state index in [-0.39, 0.29) is 6.10 Å². The second-order valence-corrected chi connectivity index (χ2v) is 3.32. The monoisotopic (exact) mass is 158 g/mol. The topological polar surface area (TPSA) is 38.5 Å². The minimum atomic E-state index is 0.264. The zero-order valence-corrected chi connectivity index (χ0v) is 7.42. The third-order valence-electron chi connectivity index (χ3n) is 2.49. The highest BCUT2D eigenvalue weighted by Crippen LogP contribution is 2.19. The minimum absolute atomic E-state index is 0.264. The van der Waals surface area contributed by atoms with E-state index in [0.717, 1.165) is 6.54 Å². The largest absolute Gasteiger partial charge is 0.380 e. The second kappa shape index (κ2) is 4.04. The Morgan fingerprint density at radius 2 is 2.45 bits per heavy atom. The molecule has 3 heteroatoms. The molecule has 1 rings (SSSR count). The van der Waals surface area contributed by atoms with Crippen LogP contribution in [0.3, 0.4) is 0 Å². The fraction of sp³-hybridized carbons (Fsp3) is 1.00. The van der Waals surface area contributed by atoms with E-state index in [1.54, 1.807) is 7.11 Å². The molecule has 0 aromatic carbocycles. The Kier molecular flexibility index (Phi) is 3.30. The lowest BCUT2D eigenvalue weighted by Gasteiger charge is -2.19. The molecule has 66 valence electrons. The van der Waals surface area contributed by atoms with E-state index in [9.17, 15) is 0 Å². The van der Waals surface area contributed by atoms with Crippen molar-refractivity contribution in [1.29, 1.82) is 0 Å². The Morgan fingerprint density at radius 1 is 1.73 bits per heavy atom. The predicted octanol–water partition coefficient (Wildman–Crippen LogP) is -0.0882. The first-order chi connectivity index (χ1) is 5.27. The van der Waals surface area contributed by atoms with Crippen LogP contribution < -0.4 is 5.73 Å². The highest BCUT2D eigenvalue weighted by atomic mass is 16.5. The first-order valence-corrected chi connectivity index (χ1v) is 4.19. The zero-order chi connectivity index (χ0) is 8.27. The van der Waals surface area contributed by atoms with Crippen molar-refractivity contribution in [1.82, 2.24) is 4.90 Å². The normalized spacial score (nSPS) is 29.2. The highest BCUT2D eigenvalue weighted by molar-refractivity contribution is 4.80. The van der Waals surface area contributed by atoms with Gasteiger partial charge in [0.2, 0.25) is 0 Å². The van der Waals surface area contributed by atoms with E-state index in [2.05, 4.69) is 11.9 Å². The van der Waals surface area contributed by atoms with Crippen molar-refractivity contribution in [2.45, 2.75) is 12.5 Å². The zero-order valence-electron chi connectivity index (χ0n) is 7.42. The fourth-order valence-electron chi connectivity index (χ4n) is 1.75. The van der Waals surface area contributed by atoms with E-state index >= 15 is 0 Å². The molecule has 0 saturated carbocycles. The molecule has 0 bridgehead atoms. The van der Waals surface area contributed by atoms with Crippen LogP contribution in [0.4, 0.5) is 0 Å². The van der Waals surface area contributed by atoms with Crippen LogP contribution in [0.1, 0.15) is 6.42 Å². The lowest BCUT2D eigenvalue weighted by Crippen LogP contribution is -2.32. The van der Waals surface area contributed by atoms with Gasteiger partial charge in [-0.25, -0.2) is 0 Å². The third-order valence-corrected chi connectivity index (χ3v) is 2.49. The van der Waals surface area contributed by atoms with Gasteiger partial charge in [0.05, 0.1) is 6.10 Å². The molecule has 2 atom stereocenters. The first-order valence-electron chi connectivity index (χ1n) is 4.19. The molecule has 1 aliphatic rings. The summed E-state index contributed by atoms with van der Waals surface area (Å²) in [5, 5.41) is 0. The van der Waals surface area contributed by atoms with Crippen LogP contribution in [0.5, 0.6) is 0 Å². The Labute approximate surface area is 68.5 Å². The molecule has 1 heterocycles. The van der Waals surface area contributed by atoms with Gasteiger partial charge in [0.15, 0.2) is 0 Å². The molecular weight excluding hydrogens is 140 g/mol. The molecule has 0 amide bonds. The Morgan fingerprint density at radius 3 is 2.82 bits per heavy atom. The summed E-state index contributed by atoms with van der Waals surface area (Å²) in [5.41, 5.74) is 5.57. The van der Waals surface area contributed by atoms with Crippen LogP contribution in [-0.4, -0.2) is 44.8 Å². The lowest BCUT2D eigenvalue weighted by atomic mass is 10.0. The molecule has 1 saturated heterocycles. The van der Waals surface area contributed by atoms with Crippen LogP contribution in [0.2, 0.25) is 0 Å². The van der Waals surface area contributed by atoms with E-state index in [1.165, 1.54) is 13.0 Å². The molecule has 3 nitrogen and oxygen atoms in total. The summed E-state index contributed by atoms with van der Waals surface area (Å²) in [7, 11) is 3.89. The van der Waals surface area contributed by atoms with Crippen LogP contribution in [0.25, 0.3) is 0 Å². The standard InChI is InChI=1S/C8H18N2O/c1-10-4-3-7(6-10)8(5-9)11-2/h7-8H,3-6,9H2,1-2H3. The van der Waals surface area contributed by atoms with E-state index in [0.29, 0.717) is 12.5 Å². The molecule has 0 spiro atoms. The average Bonchev–Trinajstić information content (AvgIpc) is 2.39. The number of methoxy groups -OCH3 is 1. The molecule has 1 aliphatic heterocycles. The highest BCUT2D eigenvalue weighted by Gasteiger charge is 2.26. The van der Waals surface area contributed by atoms with Gasteiger partial charge in [0.1, 0.15) is 0 Å². The number of hydrogen-bond acceptors (Lipinski definition) is 3. The van der Waals surface area contributed by atoms with Crippen molar-refractivity contribution in [3.8, 4) is 0 Å². The molecule has 0 aromatic heterocycles. The van der Waals surface area contributed by atoms with Gasteiger partial charge >= 0.3 is 0 Å². The molecule has 0 aliphatic carbocycles. The fourth-order valence-corrected chi connectivity index (χ4v) is 1.75. The van der Waals surface area contributed by atoms with Gasteiger partial charge in [-0.05, 0) is 20.0 Å². The van der Waals surface area contributed by atoms with Crippen LogP contribution >= 0.6 is 0 Å². The van der Waals surface area contributed by atoms with Gasteiger partial charge in [-0.1, -0.05) is 0 Å². The van der Waals surface area contributed by atoms with Crippen molar-refractivity contribution in [3.63, 3.8) is 0 Å². The van der Waals surface area contributed by atoms with Gasteiger partial charge < -0.3 is 15.4 Å². The summed E-state index contributed by atoms with van der Waals surface area (Å²) >= 11 is 0. The van der Waals surface area contributed by atoms with Crippen LogP contribution in [-0.2, 0) is 4.74 Å². The Bertz CT molecular complexity index is 115. The van der Waals surface area contributed by atoms with E-state index < -0.39 is 0 Å². The number of nitrogens with two attached hydrogens (primary N) is 1. The molecule has 2 N–H and O–H groups in total. The van der Waals surface area contributed by atoms with Gasteiger partial charge in [0.25, 0.3) is 0 Å². The maximum Gasteiger partial charge on any atom is 0.0734 e. The molecule has 0 aromatic rings. The second-order valence-electron chi connectivity index (χ2n) is 3.32. The van der Waals surface area contributed by atoms with Crippen molar-refractivity contribution in [2.75, 3.05) is 33.8 Å². The smallest absolute Gasteiger partial charge is 0.0734 e. The molecule has 11 heavy (non-hydrogen) atoms. The lowest BCUT2D eigenvalue weighted by molar-refractivity contribution is 0.0626. The summed E-state index contributed by atoms with van der Waals surface area (Å²) in [6.07, 6.45) is 1.49. The predicted molar refractivity (Wildman–Crippen MR) is 45.5 cm³/mol. The first kappa shape index (κ1) is 8.97. The van der Waals surface area contributed by atoms with Crippen LogP contribution in [0.15, 0.2) is 0 Å². The molecule has 2 unspecified atom stereocenters. The number of hydrogen-bond donors (Lipinski definition) is 1. The SMILES string of the molecule is COC(CN)C1CCN(C)C1. The van der Waals surface area contributed by atoms with E-state index in [4.69, 9.17) is 10.5 Å². The summed E-state index contributed by atoms with van der Waals surface area (Å²) in [6, 6.07) is 0. The maximum atomic E-state index is 5.57. The summed E-state index contributed by atoms with van der Waals surface area (Å²) in [6.45, 7) is 2.97. The van der Waals surface area contributed by atoms with Crippen molar-refractivity contribution >= 4 is 0 Å². The van der Waals surface area contributed by atoms with Gasteiger partial charge in [0, 0.05) is 26.1 Å². The van der Waals surface area contributed by atoms with Crippen molar-refractivity contribution in [3.05, 3.63) is 0 Å². The van der Waals surface area contributed by atoms with Gasteiger partial charge in [-0.2, -0.15) is 0 Å². The quantitative estimate of drug-likeness (QED) is 0.624. The minimum Gasteiger partial charge on any atom is -0.380 e. The summed E-state index contributed by atoms with van der Waals surface area (Å²) < 4.78 is 5.28. The molecule has 1 fully saturated rings. The number of nitrogens with zero attached hydrogens (tertiary/aromatic N) is 1. The molecular formula is C8H18N2O. The number of likely N-dealkylation sites (tertiary alicyclic amines) is 1. The third kappa shape index (κ3) is 2.15. The van der Waals surface area contributed by atoms with Gasteiger partial charge in [-0.3, -0.25) is 0 Å². The Balaban J connectivity index is 2.34. The average molecular weight is 158 g/mol. The maximum absolute atomic E-state index is 5.57. The molecule has 0 radical (unpaired) electrons. The number of rotatable bonds is 3. The van der Waals surface area contributed by atoms with Gasteiger partial charge in [-0.15, -0.1) is 0 Å². The summed E-state index contributed by atoms with van der Waals surface area (Å²) in [4.78, 5) is 2.33. The summed E-state index contributed by atoms with van der Waals surface area (Å²) in [5.74, 6) is 0.648. The Hall–Kier alpha value is -0.120.